The molecule has 4 N–H and O–H groups in total. The molecule has 28 heavy (non-hydrogen) atoms. The number of rotatable bonds is 7. The van der Waals surface area contributed by atoms with Crippen molar-refractivity contribution in [2.75, 3.05) is 5.32 Å². The lowest BCUT2D eigenvalue weighted by molar-refractivity contribution is -0.116. The Labute approximate surface area is 164 Å². The van der Waals surface area contributed by atoms with E-state index in [0.717, 1.165) is 4.88 Å². The molecule has 0 aliphatic rings. The monoisotopic (exact) mass is 400 g/mol. The highest BCUT2D eigenvalue weighted by Gasteiger charge is 2.18. The van der Waals surface area contributed by atoms with Crippen LogP contribution in [-0.2, 0) is 4.79 Å². The molecule has 0 radical (unpaired) electrons. The summed E-state index contributed by atoms with van der Waals surface area (Å²) in [4.78, 5) is 28.4. The van der Waals surface area contributed by atoms with Gasteiger partial charge >= 0.3 is 6.03 Å². The first kappa shape index (κ1) is 19.3. The number of carbonyl (C=O) groups excluding carboxylic acids is 2. The molecule has 9 heteroatoms. The molecule has 0 saturated heterocycles. The van der Waals surface area contributed by atoms with Crippen LogP contribution in [-0.4, -0.2) is 16.9 Å². The highest BCUT2D eigenvalue weighted by molar-refractivity contribution is 7.10. The van der Waals surface area contributed by atoms with Gasteiger partial charge in [-0.1, -0.05) is 6.07 Å². The first-order chi connectivity index (χ1) is 13.5. The van der Waals surface area contributed by atoms with Crippen LogP contribution in [0.15, 0.2) is 60.1 Å². The van der Waals surface area contributed by atoms with Crippen molar-refractivity contribution in [1.82, 2.24) is 10.3 Å². The molecular weight excluding hydrogens is 383 g/mol. The number of pyridine rings is 1. The molecule has 1 atom stereocenters. The van der Waals surface area contributed by atoms with Gasteiger partial charge in [0.1, 0.15) is 11.6 Å². The lowest BCUT2D eigenvalue weighted by atomic mass is 10.1. The predicted molar refractivity (Wildman–Crippen MR) is 104 cm³/mol. The van der Waals surface area contributed by atoms with Crippen LogP contribution in [0.4, 0.5) is 14.9 Å². The van der Waals surface area contributed by atoms with Gasteiger partial charge in [-0.2, -0.15) is 0 Å². The fourth-order valence-corrected chi connectivity index (χ4v) is 3.20. The lowest BCUT2D eigenvalue weighted by Crippen LogP contribution is -2.34. The summed E-state index contributed by atoms with van der Waals surface area (Å²) in [6, 6.07) is 11.2. The van der Waals surface area contributed by atoms with Gasteiger partial charge in [0.2, 0.25) is 11.8 Å². The molecule has 0 spiro atoms. The normalized spacial score (nSPS) is 11.5. The van der Waals surface area contributed by atoms with Crippen molar-refractivity contribution >= 4 is 29.0 Å². The minimum Gasteiger partial charge on any atom is -0.439 e. The van der Waals surface area contributed by atoms with E-state index < -0.39 is 12.1 Å². The smallest absolute Gasteiger partial charge is 0.312 e. The van der Waals surface area contributed by atoms with Gasteiger partial charge in [-0.3, -0.25) is 4.79 Å². The number of nitrogens with zero attached hydrogens (tertiary/aromatic N) is 1. The average Bonchev–Trinajstić information content (AvgIpc) is 3.19. The highest BCUT2D eigenvalue weighted by atomic mass is 32.1. The van der Waals surface area contributed by atoms with Gasteiger partial charge in [0.25, 0.3) is 0 Å². The van der Waals surface area contributed by atoms with Crippen LogP contribution >= 0.6 is 11.3 Å². The van der Waals surface area contributed by atoms with Crippen molar-refractivity contribution in [3.63, 3.8) is 0 Å². The molecule has 1 aromatic carbocycles. The maximum absolute atomic E-state index is 12.9. The van der Waals surface area contributed by atoms with Gasteiger partial charge in [0, 0.05) is 10.9 Å². The zero-order valence-corrected chi connectivity index (χ0v) is 15.4. The van der Waals surface area contributed by atoms with E-state index in [1.807, 2.05) is 17.5 Å². The third kappa shape index (κ3) is 5.52. The number of hydrogen-bond donors (Lipinski definition) is 3. The number of benzene rings is 1. The Bertz CT molecular complexity index is 931. The number of thiophene rings is 1. The van der Waals surface area contributed by atoms with E-state index in [9.17, 15) is 14.0 Å². The number of ether oxygens (including phenoxy) is 1. The topological polar surface area (TPSA) is 106 Å². The zero-order chi connectivity index (χ0) is 19.9. The quantitative estimate of drug-likeness (QED) is 0.561. The average molecular weight is 400 g/mol. The maximum atomic E-state index is 12.9. The third-order valence-electron chi connectivity index (χ3n) is 3.65. The Morgan fingerprint density at radius 3 is 2.57 bits per heavy atom. The van der Waals surface area contributed by atoms with Crippen LogP contribution in [0, 0.1) is 5.82 Å². The number of primary amides is 1. The van der Waals surface area contributed by atoms with Crippen molar-refractivity contribution in [2.24, 2.45) is 5.73 Å². The number of amides is 3. The van der Waals surface area contributed by atoms with E-state index in [4.69, 9.17) is 10.5 Å². The molecule has 0 unspecified atom stereocenters. The molecule has 3 amide bonds. The second-order valence-electron chi connectivity index (χ2n) is 5.77. The maximum Gasteiger partial charge on any atom is 0.312 e. The van der Waals surface area contributed by atoms with E-state index >= 15 is 0 Å². The predicted octanol–water partition coefficient (Wildman–Crippen LogP) is 3.81. The van der Waals surface area contributed by atoms with Crippen LogP contribution in [0.2, 0.25) is 0 Å². The molecule has 0 aliphatic heterocycles. The fourth-order valence-electron chi connectivity index (χ4n) is 2.42. The Kier molecular flexibility index (Phi) is 6.18. The minimum atomic E-state index is -0.699. The van der Waals surface area contributed by atoms with Crippen LogP contribution < -0.4 is 21.1 Å². The van der Waals surface area contributed by atoms with Gasteiger partial charge in [-0.25, -0.2) is 14.2 Å². The largest absolute Gasteiger partial charge is 0.439 e. The van der Waals surface area contributed by atoms with Crippen molar-refractivity contribution in [3.05, 3.63) is 70.8 Å². The SMILES string of the molecule is NC(=O)N[C@@H](CC(=O)Nc1ccc(Oc2ccc(F)cc2)nc1)c1cccs1. The number of anilines is 1. The van der Waals surface area contributed by atoms with E-state index in [2.05, 4.69) is 15.6 Å². The van der Waals surface area contributed by atoms with Crippen molar-refractivity contribution in [2.45, 2.75) is 12.5 Å². The summed E-state index contributed by atoms with van der Waals surface area (Å²) < 4.78 is 18.4. The first-order valence-corrected chi connectivity index (χ1v) is 9.16. The Morgan fingerprint density at radius 1 is 1.18 bits per heavy atom. The minimum absolute atomic E-state index is 0.0251. The Hall–Kier alpha value is -3.46. The first-order valence-electron chi connectivity index (χ1n) is 8.28. The van der Waals surface area contributed by atoms with E-state index in [1.165, 1.54) is 41.8 Å². The molecule has 3 rings (SSSR count). The number of halogens is 1. The van der Waals surface area contributed by atoms with Crippen LogP contribution in [0.25, 0.3) is 0 Å². The standard InChI is InChI=1S/C19H17FN4O3S/c20-12-3-6-14(7-4-12)27-18-8-5-13(11-22-18)23-17(25)10-15(24-19(21)26)16-2-1-9-28-16/h1-9,11,15H,10H2,(H,23,25)(H3,21,24,26)/t15-/m0/s1. The number of aromatic nitrogens is 1. The summed E-state index contributed by atoms with van der Waals surface area (Å²) in [5.74, 6) is 0.0877. The molecule has 0 aliphatic carbocycles. The summed E-state index contributed by atoms with van der Waals surface area (Å²) >= 11 is 1.42. The van der Waals surface area contributed by atoms with Gasteiger partial charge in [0.15, 0.2) is 0 Å². The summed E-state index contributed by atoms with van der Waals surface area (Å²) in [7, 11) is 0. The number of carbonyl (C=O) groups is 2. The van der Waals surface area contributed by atoms with Crippen molar-refractivity contribution in [1.29, 1.82) is 0 Å². The number of nitrogens with two attached hydrogens (primary N) is 1. The zero-order valence-electron chi connectivity index (χ0n) is 14.6. The van der Waals surface area contributed by atoms with Crippen LogP contribution in [0.5, 0.6) is 11.6 Å². The third-order valence-corrected chi connectivity index (χ3v) is 4.63. The summed E-state index contributed by atoms with van der Waals surface area (Å²) in [5, 5.41) is 7.13. The molecule has 7 nitrogen and oxygen atoms in total. The van der Waals surface area contributed by atoms with Gasteiger partial charge in [0.05, 0.1) is 24.3 Å². The summed E-state index contributed by atoms with van der Waals surface area (Å²) in [6.07, 6.45) is 1.47. The van der Waals surface area contributed by atoms with Crippen molar-refractivity contribution < 1.29 is 18.7 Å². The van der Waals surface area contributed by atoms with Gasteiger partial charge < -0.3 is 21.1 Å². The number of nitrogens with one attached hydrogen (secondary N) is 2. The molecule has 0 fully saturated rings. The number of hydrogen-bond acceptors (Lipinski definition) is 5. The van der Waals surface area contributed by atoms with Crippen LogP contribution in [0.1, 0.15) is 17.3 Å². The molecule has 2 aromatic heterocycles. The highest BCUT2D eigenvalue weighted by Crippen LogP contribution is 2.23. The lowest BCUT2D eigenvalue weighted by Gasteiger charge is -2.16. The fraction of sp³-hybridized carbons (Fsp3) is 0.105. The second-order valence-corrected chi connectivity index (χ2v) is 6.75. The van der Waals surface area contributed by atoms with Crippen LogP contribution in [0.3, 0.4) is 0 Å². The molecule has 144 valence electrons. The van der Waals surface area contributed by atoms with E-state index in [1.54, 1.807) is 12.1 Å². The number of urea groups is 1. The summed E-state index contributed by atoms with van der Waals surface area (Å²) in [6.45, 7) is 0. The van der Waals surface area contributed by atoms with Gasteiger partial charge in [-0.15, -0.1) is 11.3 Å². The van der Waals surface area contributed by atoms with Crippen molar-refractivity contribution in [3.8, 4) is 11.6 Å². The van der Waals surface area contributed by atoms with Gasteiger partial charge in [-0.05, 0) is 41.8 Å². The molecular formula is C19H17FN4O3S. The van der Waals surface area contributed by atoms with E-state index in [-0.39, 0.29) is 18.1 Å². The molecule has 2 heterocycles. The molecule has 3 aromatic rings. The Morgan fingerprint density at radius 2 is 1.96 bits per heavy atom. The molecule has 0 bridgehead atoms. The molecule has 0 saturated carbocycles. The summed E-state index contributed by atoms with van der Waals surface area (Å²) in [5.41, 5.74) is 5.67. The second kappa shape index (κ2) is 8.96. The Balaban J connectivity index is 1.58. The van der Waals surface area contributed by atoms with E-state index in [0.29, 0.717) is 17.3 Å².